The van der Waals surface area contributed by atoms with Crippen molar-refractivity contribution < 1.29 is 22.4 Å². The molecule has 2 atom stereocenters. The van der Waals surface area contributed by atoms with Crippen LogP contribution in [-0.2, 0) is 13.6 Å². The van der Waals surface area contributed by atoms with Crippen LogP contribution in [0.4, 0.5) is 14.6 Å². The van der Waals surface area contributed by atoms with Gasteiger partial charge in [-0.05, 0) is 50.3 Å². The number of hydrogen-bond donors (Lipinski definition) is 1. The highest BCUT2D eigenvalue weighted by molar-refractivity contribution is 7.53. The van der Waals surface area contributed by atoms with Crippen LogP contribution in [0, 0.1) is 17.6 Å². The van der Waals surface area contributed by atoms with E-state index in [4.69, 9.17) is 20.6 Å². The zero-order valence-electron chi connectivity index (χ0n) is 18.2. The molecule has 0 radical (unpaired) electrons. The smallest absolute Gasteiger partial charge is 0.332 e. The maximum atomic E-state index is 14.6. The van der Waals surface area contributed by atoms with Gasteiger partial charge in [-0.3, -0.25) is 4.57 Å². The van der Waals surface area contributed by atoms with E-state index in [0.29, 0.717) is 23.8 Å². The lowest BCUT2D eigenvalue weighted by Gasteiger charge is -2.40. The molecule has 0 saturated carbocycles. The first-order valence-electron chi connectivity index (χ1n) is 10.7. The lowest BCUT2D eigenvalue weighted by molar-refractivity contribution is 0.215. The maximum Gasteiger partial charge on any atom is 0.332 e. The molecule has 1 fully saturated rings. The SMILES string of the molecule is CCOP(=O)(CC1CC(C)CCN1c1nc(Cl)nc2c1[nH]c1cc(F)cc(F)c12)OCC. The fraction of sp³-hybridized carbons (Fsp3) is 0.524. The van der Waals surface area contributed by atoms with E-state index in [-0.39, 0.29) is 47.1 Å². The molecule has 3 heterocycles. The first-order chi connectivity index (χ1) is 15.2. The summed E-state index contributed by atoms with van der Waals surface area (Å²) in [4.78, 5) is 13.7. The van der Waals surface area contributed by atoms with Gasteiger partial charge in [0.15, 0.2) is 5.82 Å². The second-order valence-electron chi connectivity index (χ2n) is 8.08. The highest BCUT2D eigenvalue weighted by Crippen LogP contribution is 2.51. The Balaban J connectivity index is 1.83. The number of H-pyrrole nitrogens is 1. The van der Waals surface area contributed by atoms with Gasteiger partial charge in [-0.2, -0.15) is 4.98 Å². The average Bonchev–Trinajstić information content (AvgIpc) is 3.06. The average molecular weight is 487 g/mol. The summed E-state index contributed by atoms with van der Waals surface area (Å²) in [6.07, 6.45) is 1.82. The molecule has 1 saturated heterocycles. The number of rotatable bonds is 7. The molecule has 0 spiro atoms. The zero-order chi connectivity index (χ0) is 23.0. The molecule has 0 aliphatic carbocycles. The highest BCUT2D eigenvalue weighted by Gasteiger charge is 2.37. The molecular formula is C21H26ClF2N4O3P. The second kappa shape index (κ2) is 9.21. The third-order valence-corrected chi connectivity index (χ3v) is 8.09. The van der Waals surface area contributed by atoms with Crippen LogP contribution in [-0.4, -0.2) is 46.9 Å². The van der Waals surface area contributed by atoms with Gasteiger partial charge >= 0.3 is 7.60 Å². The molecule has 11 heteroatoms. The van der Waals surface area contributed by atoms with Crippen molar-refractivity contribution in [3.8, 4) is 0 Å². The molecule has 32 heavy (non-hydrogen) atoms. The number of piperidine rings is 1. The van der Waals surface area contributed by atoms with Crippen molar-refractivity contribution in [2.24, 2.45) is 5.92 Å². The van der Waals surface area contributed by atoms with E-state index >= 15 is 0 Å². The fourth-order valence-electron chi connectivity index (χ4n) is 4.47. The quantitative estimate of drug-likeness (QED) is 0.330. The van der Waals surface area contributed by atoms with Crippen molar-refractivity contribution >= 4 is 47.0 Å². The Morgan fingerprint density at radius 2 is 1.97 bits per heavy atom. The summed E-state index contributed by atoms with van der Waals surface area (Å²) in [5.74, 6) is -0.559. The number of nitrogens with zero attached hydrogens (tertiary/aromatic N) is 3. The van der Waals surface area contributed by atoms with Crippen LogP contribution in [0.3, 0.4) is 0 Å². The summed E-state index contributed by atoms with van der Waals surface area (Å²) in [7, 11) is -3.32. The van der Waals surface area contributed by atoms with E-state index in [0.717, 1.165) is 18.9 Å². The van der Waals surface area contributed by atoms with Crippen molar-refractivity contribution in [3.05, 3.63) is 29.1 Å². The minimum Gasteiger partial charge on any atom is -0.351 e. The molecule has 1 aliphatic heterocycles. The van der Waals surface area contributed by atoms with Gasteiger partial charge in [0.2, 0.25) is 5.28 Å². The first kappa shape index (κ1) is 23.4. The number of aromatic amines is 1. The summed E-state index contributed by atoms with van der Waals surface area (Å²) in [5.41, 5.74) is 1.00. The highest BCUT2D eigenvalue weighted by atomic mass is 35.5. The Morgan fingerprint density at radius 1 is 1.25 bits per heavy atom. The lowest BCUT2D eigenvalue weighted by Crippen LogP contribution is -2.45. The molecule has 1 aromatic carbocycles. The Hall–Kier alpha value is -1.80. The minimum atomic E-state index is -3.32. The molecule has 7 nitrogen and oxygen atoms in total. The maximum absolute atomic E-state index is 14.6. The van der Waals surface area contributed by atoms with E-state index in [9.17, 15) is 13.3 Å². The number of fused-ring (bicyclic) bond motifs is 3. The monoisotopic (exact) mass is 486 g/mol. The predicted molar refractivity (Wildman–Crippen MR) is 122 cm³/mol. The van der Waals surface area contributed by atoms with E-state index in [2.05, 4.69) is 21.9 Å². The third kappa shape index (κ3) is 4.49. The zero-order valence-corrected chi connectivity index (χ0v) is 19.8. The van der Waals surface area contributed by atoms with Gasteiger partial charge in [-0.15, -0.1) is 0 Å². The summed E-state index contributed by atoms with van der Waals surface area (Å²) in [6, 6.07) is 1.83. The molecule has 0 amide bonds. The first-order valence-corrected chi connectivity index (χ1v) is 12.8. The Labute approximate surface area is 190 Å². The van der Waals surface area contributed by atoms with Gasteiger partial charge < -0.3 is 18.9 Å². The number of benzene rings is 1. The largest absolute Gasteiger partial charge is 0.351 e. The van der Waals surface area contributed by atoms with Crippen molar-refractivity contribution in [2.45, 2.75) is 39.7 Å². The number of aromatic nitrogens is 3. The van der Waals surface area contributed by atoms with Gasteiger partial charge in [0.1, 0.15) is 22.7 Å². The second-order valence-corrected chi connectivity index (χ2v) is 10.5. The van der Waals surface area contributed by atoms with Crippen LogP contribution in [0.25, 0.3) is 21.9 Å². The summed E-state index contributed by atoms with van der Waals surface area (Å²) in [5, 5.41) is 0.107. The van der Waals surface area contributed by atoms with Crippen LogP contribution in [0.5, 0.6) is 0 Å². The molecule has 1 aliphatic rings. The van der Waals surface area contributed by atoms with Crippen LogP contribution in [0.1, 0.15) is 33.6 Å². The summed E-state index contributed by atoms with van der Waals surface area (Å²) < 4.78 is 52.7. The molecule has 0 bridgehead atoms. The molecule has 2 unspecified atom stereocenters. The van der Waals surface area contributed by atoms with Crippen molar-refractivity contribution in [2.75, 3.05) is 30.8 Å². The third-order valence-electron chi connectivity index (χ3n) is 5.75. The number of hydrogen-bond acceptors (Lipinski definition) is 6. The summed E-state index contributed by atoms with van der Waals surface area (Å²) >= 11 is 6.23. The lowest BCUT2D eigenvalue weighted by atomic mass is 9.93. The molecule has 174 valence electrons. The topological polar surface area (TPSA) is 80.3 Å². The number of nitrogens with one attached hydrogen (secondary N) is 1. The van der Waals surface area contributed by atoms with Gasteiger partial charge in [-0.1, -0.05) is 6.92 Å². The normalized spacial score (nSPS) is 19.9. The fourth-order valence-corrected chi connectivity index (χ4v) is 6.57. The van der Waals surface area contributed by atoms with Gasteiger partial charge in [0, 0.05) is 18.7 Å². The van der Waals surface area contributed by atoms with E-state index in [1.165, 1.54) is 6.07 Å². The Morgan fingerprint density at radius 3 is 2.66 bits per heavy atom. The molecule has 1 N–H and O–H groups in total. The molecule has 4 rings (SSSR count). The van der Waals surface area contributed by atoms with Gasteiger partial charge in [0.05, 0.1) is 30.3 Å². The van der Waals surface area contributed by atoms with Gasteiger partial charge in [-0.25, -0.2) is 13.8 Å². The van der Waals surface area contributed by atoms with E-state index in [1.807, 2.05) is 4.90 Å². The van der Waals surface area contributed by atoms with Crippen molar-refractivity contribution in [1.29, 1.82) is 0 Å². The number of anilines is 1. The van der Waals surface area contributed by atoms with Crippen LogP contribution in [0.15, 0.2) is 12.1 Å². The van der Waals surface area contributed by atoms with Crippen LogP contribution in [0.2, 0.25) is 5.28 Å². The van der Waals surface area contributed by atoms with Crippen LogP contribution < -0.4 is 4.90 Å². The summed E-state index contributed by atoms with van der Waals surface area (Å²) in [6.45, 7) is 6.86. The molecule has 3 aromatic rings. The van der Waals surface area contributed by atoms with E-state index in [1.54, 1.807) is 13.8 Å². The Bertz CT molecular complexity index is 1180. The minimum absolute atomic E-state index is 0.0488. The standard InChI is InChI=1S/C21H26ClF2N4O3P/c1-4-30-32(29,31-5-2)11-14-8-12(3)6-7-28(14)20-19-18(26-21(22)27-20)17-15(24)9-13(23)10-16(17)25-19/h9-10,12,14,25H,4-8,11H2,1-3H3. The van der Waals surface area contributed by atoms with Crippen LogP contribution >= 0.6 is 19.2 Å². The van der Waals surface area contributed by atoms with Gasteiger partial charge in [0.25, 0.3) is 0 Å². The van der Waals surface area contributed by atoms with Crippen molar-refractivity contribution in [1.82, 2.24) is 15.0 Å². The molecule has 2 aromatic heterocycles. The van der Waals surface area contributed by atoms with Crippen molar-refractivity contribution in [3.63, 3.8) is 0 Å². The Kier molecular flexibility index (Phi) is 6.73. The number of halogens is 3. The molecular weight excluding hydrogens is 461 g/mol. The van der Waals surface area contributed by atoms with E-state index < -0.39 is 19.2 Å². The predicted octanol–water partition coefficient (Wildman–Crippen LogP) is 5.91.